The number of anilines is 1. The number of hydrogen-bond acceptors (Lipinski definition) is 4. The van der Waals surface area contributed by atoms with Crippen LogP contribution in [0.4, 0.5) is 5.69 Å². The molecule has 1 saturated heterocycles. The van der Waals surface area contributed by atoms with Crippen LogP contribution in [0.25, 0.3) is 0 Å². The van der Waals surface area contributed by atoms with Crippen LogP contribution in [0.15, 0.2) is 57.9 Å². The third-order valence-electron chi connectivity index (χ3n) is 5.29. The molecule has 1 amide bonds. The summed E-state index contributed by atoms with van der Waals surface area (Å²) in [5, 5.41) is 2.82. The Morgan fingerprint density at radius 3 is 2.33 bits per heavy atom. The molecule has 0 unspecified atom stereocenters. The van der Waals surface area contributed by atoms with Crippen molar-refractivity contribution in [3.63, 3.8) is 0 Å². The van der Waals surface area contributed by atoms with Crippen LogP contribution >= 0.6 is 15.9 Å². The Bertz CT molecular complexity index is 939. The van der Waals surface area contributed by atoms with Crippen LogP contribution in [0.3, 0.4) is 0 Å². The number of nitrogens with one attached hydrogen (secondary N) is 2. The van der Waals surface area contributed by atoms with E-state index in [1.807, 2.05) is 24.3 Å². The van der Waals surface area contributed by atoms with Crippen molar-refractivity contribution < 1.29 is 13.2 Å². The van der Waals surface area contributed by atoms with Gasteiger partial charge in [0.05, 0.1) is 4.90 Å². The second kappa shape index (κ2) is 10.5. The SMILES string of the molecule is CC1CCN(Cc2ccc(NC(=O)CCNS(=O)(=O)c3ccc(Br)cc3)cc2)CC1. The van der Waals surface area contributed by atoms with Gasteiger partial charge in [-0.3, -0.25) is 9.69 Å². The first-order chi connectivity index (χ1) is 14.3. The van der Waals surface area contributed by atoms with Crippen molar-refractivity contribution in [2.75, 3.05) is 25.0 Å². The van der Waals surface area contributed by atoms with Gasteiger partial charge < -0.3 is 5.32 Å². The number of likely N-dealkylation sites (tertiary alicyclic amines) is 1. The molecule has 30 heavy (non-hydrogen) atoms. The maximum atomic E-state index is 12.2. The average Bonchev–Trinajstić information content (AvgIpc) is 2.71. The van der Waals surface area contributed by atoms with Crippen LogP contribution in [0.5, 0.6) is 0 Å². The van der Waals surface area contributed by atoms with Crippen LogP contribution in [0, 0.1) is 5.92 Å². The van der Waals surface area contributed by atoms with Crippen LogP contribution in [-0.2, 0) is 21.4 Å². The van der Waals surface area contributed by atoms with Crippen molar-refractivity contribution in [2.45, 2.75) is 37.6 Å². The number of carbonyl (C=O) groups excluding carboxylic acids is 1. The molecule has 6 nitrogen and oxygen atoms in total. The van der Waals surface area contributed by atoms with Crippen LogP contribution in [0.1, 0.15) is 31.7 Å². The highest BCUT2D eigenvalue weighted by atomic mass is 79.9. The van der Waals surface area contributed by atoms with Gasteiger partial charge in [-0.15, -0.1) is 0 Å². The lowest BCUT2D eigenvalue weighted by atomic mass is 9.99. The average molecular weight is 494 g/mol. The first-order valence-corrected chi connectivity index (χ1v) is 12.5. The van der Waals surface area contributed by atoms with Crippen molar-refractivity contribution in [3.8, 4) is 0 Å². The van der Waals surface area contributed by atoms with E-state index in [4.69, 9.17) is 0 Å². The molecule has 0 aromatic heterocycles. The molecular weight excluding hydrogens is 466 g/mol. The van der Waals surface area contributed by atoms with E-state index < -0.39 is 10.0 Å². The van der Waals surface area contributed by atoms with Gasteiger partial charge in [0.25, 0.3) is 0 Å². The Kier molecular flexibility index (Phi) is 8.05. The zero-order chi connectivity index (χ0) is 21.6. The van der Waals surface area contributed by atoms with E-state index in [0.717, 1.165) is 30.0 Å². The molecule has 2 aromatic rings. The van der Waals surface area contributed by atoms with Gasteiger partial charge in [-0.2, -0.15) is 0 Å². The highest BCUT2D eigenvalue weighted by Gasteiger charge is 2.16. The summed E-state index contributed by atoms with van der Waals surface area (Å²) in [6, 6.07) is 14.2. The minimum Gasteiger partial charge on any atom is -0.326 e. The quantitative estimate of drug-likeness (QED) is 0.582. The van der Waals surface area contributed by atoms with Crippen molar-refractivity contribution in [3.05, 3.63) is 58.6 Å². The lowest BCUT2D eigenvalue weighted by Crippen LogP contribution is -2.32. The molecule has 8 heteroatoms. The molecule has 0 bridgehead atoms. The molecule has 1 fully saturated rings. The van der Waals surface area contributed by atoms with E-state index in [1.54, 1.807) is 12.1 Å². The van der Waals surface area contributed by atoms with Gasteiger partial charge in [0.1, 0.15) is 0 Å². The predicted molar refractivity (Wildman–Crippen MR) is 123 cm³/mol. The minimum atomic E-state index is -3.62. The van der Waals surface area contributed by atoms with E-state index in [0.29, 0.717) is 5.69 Å². The van der Waals surface area contributed by atoms with Gasteiger partial charge in [0, 0.05) is 29.7 Å². The van der Waals surface area contributed by atoms with Crippen LogP contribution in [0.2, 0.25) is 0 Å². The molecule has 1 heterocycles. The molecule has 162 valence electrons. The topological polar surface area (TPSA) is 78.5 Å². The summed E-state index contributed by atoms with van der Waals surface area (Å²) in [4.78, 5) is 14.8. The first-order valence-electron chi connectivity index (χ1n) is 10.2. The van der Waals surface area contributed by atoms with Crippen LogP contribution < -0.4 is 10.0 Å². The summed E-state index contributed by atoms with van der Waals surface area (Å²) in [7, 11) is -3.62. The molecule has 3 rings (SSSR count). The molecule has 2 aromatic carbocycles. The van der Waals surface area contributed by atoms with Gasteiger partial charge >= 0.3 is 0 Å². The van der Waals surface area contributed by atoms with Gasteiger partial charge in [-0.25, -0.2) is 13.1 Å². The first kappa shape index (κ1) is 22.9. The fraction of sp³-hybridized carbons (Fsp3) is 0.409. The Balaban J connectivity index is 1.43. The minimum absolute atomic E-state index is 0.0374. The molecule has 0 saturated carbocycles. The van der Waals surface area contributed by atoms with Gasteiger partial charge in [0.15, 0.2) is 0 Å². The zero-order valence-corrected chi connectivity index (χ0v) is 19.5. The van der Waals surface area contributed by atoms with Crippen molar-refractivity contribution >= 4 is 37.5 Å². The third-order valence-corrected chi connectivity index (χ3v) is 7.29. The highest BCUT2D eigenvalue weighted by molar-refractivity contribution is 9.10. The summed E-state index contributed by atoms with van der Waals surface area (Å²) in [5.41, 5.74) is 1.94. The number of rotatable bonds is 8. The monoisotopic (exact) mass is 493 g/mol. The maximum absolute atomic E-state index is 12.2. The van der Waals surface area contributed by atoms with E-state index >= 15 is 0 Å². The zero-order valence-electron chi connectivity index (χ0n) is 17.1. The number of piperidine rings is 1. The summed E-state index contributed by atoms with van der Waals surface area (Å²) < 4.78 is 27.7. The second-order valence-corrected chi connectivity index (χ2v) is 10.5. The van der Waals surface area contributed by atoms with E-state index in [9.17, 15) is 13.2 Å². The number of benzene rings is 2. The van der Waals surface area contributed by atoms with Gasteiger partial charge in [0.2, 0.25) is 15.9 Å². The maximum Gasteiger partial charge on any atom is 0.240 e. The number of nitrogens with zero attached hydrogens (tertiary/aromatic N) is 1. The van der Waals surface area contributed by atoms with E-state index in [2.05, 4.69) is 37.8 Å². The molecule has 1 aliphatic heterocycles. The Morgan fingerprint density at radius 1 is 1.07 bits per heavy atom. The molecule has 0 spiro atoms. The van der Waals surface area contributed by atoms with Crippen molar-refractivity contribution in [2.24, 2.45) is 5.92 Å². The van der Waals surface area contributed by atoms with E-state index in [1.165, 1.54) is 30.5 Å². The summed E-state index contributed by atoms with van der Waals surface area (Å²) in [6.45, 7) is 5.54. The third kappa shape index (κ3) is 6.91. The lowest BCUT2D eigenvalue weighted by molar-refractivity contribution is -0.116. The van der Waals surface area contributed by atoms with Crippen molar-refractivity contribution in [1.29, 1.82) is 0 Å². The number of halogens is 1. The smallest absolute Gasteiger partial charge is 0.240 e. The lowest BCUT2D eigenvalue weighted by Gasteiger charge is -2.30. The van der Waals surface area contributed by atoms with Crippen molar-refractivity contribution in [1.82, 2.24) is 9.62 Å². The molecule has 1 aliphatic rings. The largest absolute Gasteiger partial charge is 0.326 e. The summed E-state index contributed by atoms with van der Waals surface area (Å²) in [6.07, 6.45) is 2.56. The molecule has 2 N–H and O–H groups in total. The summed E-state index contributed by atoms with van der Waals surface area (Å²) >= 11 is 3.28. The predicted octanol–water partition coefficient (Wildman–Crippen LogP) is 3.99. The Hall–Kier alpha value is -1.74. The molecular formula is C22H28BrN3O3S. The molecule has 0 radical (unpaired) electrons. The number of hydrogen-bond donors (Lipinski definition) is 2. The second-order valence-electron chi connectivity index (χ2n) is 7.81. The van der Waals surface area contributed by atoms with Crippen LogP contribution in [-0.4, -0.2) is 38.9 Å². The van der Waals surface area contributed by atoms with Gasteiger partial charge in [-0.1, -0.05) is 35.0 Å². The fourth-order valence-corrected chi connectivity index (χ4v) is 4.69. The number of amides is 1. The van der Waals surface area contributed by atoms with Gasteiger partial charge in [-0.05, 0) is 73.8 Å². The molecule has 0 aliphatic carbocycles. The normalized spacial score (nSPS) is 15.8. The standard InChI is InChI=1S/C22H28BrN3O3S/c1-17-11-14-26(15-12-17)16-18-2-6-20(7-3-18)25-22(27)10-13-24-30(28,29)21-8-4-19(23)5-9-21/h2-9,17,24H,10-16H2,1H3,(H,25,27). The summed E-state index contributed by atoms with van der Waals surface area (Å²) in [5.74, 6) is 0.587. The van der Waals surface area contributed by atoms with E-state index in [-0.39, 0.29) is 23.8 Å². The highest BCUT2D eigenvalue weighted by Crippen LogP contribution is 2.19. The Morgan fingerprint density at radius 2 is 1.70 bits per heavy atom. The molecule has 0 atom stereocenters. The number of sulfonamides is 1. The Labute approximate surface area is 187 Å². The number of carbonyl (C=O) groups is 1. The fourth-order valence-electron chi connectivity index (χ4n) is 3.39.